The van der Waals surface area contributed by atoms with Crippen molar-refractivity contribution in [3.63, 3.8) is 0 Å². The second kappa shape index (κ2) is 7.98. The molecular formula is C23H22F3N3O3. The number of pyridine rings is 1. The summed E-state index contributed by atoms with van der Waals surface area (Å²) >= 11 is 0. The first-order valence-electron chi connectivity index (χ1n) is 10.2. The van der Waals surface area contributed by atoms with E-state index in [1.54, 1.807) is 0 Å². The maximum Gasteiger partial charge on any atom is 0.341 e. The van der Waals surface area contributed by atoms with Crippen molar-refractivity contribution in [2.24, 2.45) is 0 Å². The molecule has 2 heterocycles. The van der Waals surface area contributed by atoms with Gasteiger partial charge < -0.3 is 19.9 Å². The fraction of sp³-hybridized carbons (Fsp3) is 0.304. The molecule has 9 heteroatoms. The van der Waals surface area contributed by atoms with Crippen LogP contribution in [-0.4, -0.2) is 40.8 Å². The van der Waals surface area contributed by atoms with Gasteiger partial charge >= 0.3 is 5.97 Å². The van der Waals surface area contributed by atoms with Gasteiger partial charge in [-0.25, -0.2) is 18.0 Å². The Bertz CT molecular complexity index is 1300. The van der Waals surface area contributed by atoms with Gasteiger partial charge in [0.2, 0.25) is 5.43 Å². The van der Waals surface area contributed by atoms with Crippen LogP contribution in [0.25, 0.3) is 16.6 Å². The van der Waals surface area contributed by atoms with Crippen molar-refractivity contribution < 1.29 is 23.1 Å². The lowest BCUT2D eigenvalue weighted by Crippen LogP contribution is -2.54. The number of carboxylic acid groups (broad SMARTS) is 1. The Kier molecular flexibility index (Phi) is 5.46. The Labute approximate surface area is 181 Å². The summed E-state index contributed by atoms with van der Waals surface area (Å²) in [6.45, 7) is 6.20. The minimum atomic E-state index is -1.53. The van der Waals surface area contributed by atoms with E-state index in [1.807, 2.05) is 18.7 Å². The molecule has 1 aromatic heterocycles. The number of halogens is 3. The van der Waals surface area contributed by atoms with E-state index in [1.165, 1.54) is 17.6 Å². The number of hydrogen-bond donors (Lipinski definition) is 2. The summed E-state index contributed by atoms with van der Waals surface area (Å²) in [7, 11) is 0. The minimum Gasteiger partial charge on any atom is -0.477 e. The van der Waals surface area contributed by atoms with Crippen molar-refractivity contribution in [1.82, 2.24) is 9.88 Å². The molecule has 0 bridgehead atoms. The highest BCUT2D eigenvalue weighted by molar-refractivity contribution is 5.94. The number of carbonyl (C=O) groups is 1. The zero-order valence-corrected chi connectivity index (χ0v) is 17.7. The second-order valence-corrected chi connectivity index (χ2v) is 8.25. The zero-order chi connectivity index (χ0) is 23.3. The summed E-state index contributed by atoms with van der Waals surface area (Å²) in [4.78, 5) is 26.2. The first-order valence-corrected chi connectivity index (χ1v) is 10.2. The van der Waals surface area contributed by atoms with E-state index in [9.17, 15) is 23.5 Å². The van der Waals surface area contributed by atoms with Crippen molar-refractivity contribution >= 4 is 22.6 Å². The molecule has 2 aromatic carbocycles. The predicted molar refractivity (Wildman–Crippen MR) is 115 cm³/mol. The number of fused-ring (bicyclic) bond motifs is 1. The Morgan fingerprint density at radius 1 is 1.06 bits per heavy atom. The van der Waals surface area contributed by atoms with Crippen LogP contribution in [0.15, 0.2) is 35.3 Å². The smallest absolute Gasteiger partial charge is 0.341 e. The molecule has 3 aromatic rings. The summed E-state index contributed by atoms with van der Waals surface area (Å²) < 4.78 is 45.1. The SMILES string of the molecule is Cc1c(F)ccc(-n2cc(C(=O)O)c(=O)c3cc(F)c(N4CC(C)NC(C)C4)cc32)c1F. The lowest BCUT2D eigenvalue weighted by atomic mass is 10.1. The second-order valence-electron chi connectivity index (χ2n) is 8.25. The monoisotopic (exact) mass is 445 g/mol. The molecule has 0 spiro atoms. The maximum atomic E-state index is 15.1. The number of benzene rings is 2. The third-order valence-electron chi connectivity index (χ3n) is 5.76. The molecule has 1 aliphatic rings. The highest BCUT2D eigenvalue weighted by atomic mass is 19.1. The van der Waals surface area contributed by atoms with E-state index < -0.39 is 34.4 Å². The molecule has 0 amide bonds. The fourth-order valence-electron chi connectivity index (χ4n) is 4.29. The van der Waals surface area contributed by atoms with Gasteiger partial charge in [0.25, 0.3) is 0 Å². The molecule has 1 saturated heterocycles. The number of carboxylic acids is 1. The van der Waals surface area contributed by atoms with Crippen LogP contribution in [0, 0.1) is 24.4 Å². The van der Waals surface area contributed by atoms with Gasteiger partial charge in [0.1, 0.15) is 17.2 Å². The van der Waals surface area contributed by atoms with E-state index >= 15 is 4.39 Å². The summed E-state index contributed by atoms with van der Waals surface area (Å²) in [5.41, 5.74) is -1.58. The van der Waals surface area contributed by atoms with Crippen LogP contribution >= 0.6 is 0 Å². The third kappa shape index (κ3) is 3.62. The average molecular weight is 445 g/mol. The lowest BCUT2D eigenvalue weighted by Gasteiger charge is -2.38. The molecule has 2 N–H and O–H groups in total. The van der Waals surface area contributed by atoms with Gasteiger partial charge in [0, 0.05) is 42.3 Å². The highest BCUT2D eigenvalue weighted by Crippen LogP contribution is 2.30. The van der Waals surface area contributed by atoms with Crippen molar-refractivity contribution in [2.45, 2.75) is 32.9 Å². The molecule has 0 saturated carbocycles. The summed E-state index contributed by atoms with van der Waals surface area (Å²) in [6, 6.07) is 4.79. The van der Waals surface area contributed by atoms with E-state index in [4.69, 9.17) is 0 Å². The molecule has 2 unspecified atom stereocenters. The molecule has 6 nitrogen and oxygen atoms in total. The molecule has 2 atom stereocenters. The first kappa shape index (κ1) is 21.9. The molecule has 32 heavy (non-hydrogen) atoms. The quantitative estimate of drug-likeness (QED) is 0.645. The third-order valence-corrected chi connectivity index (χ3v) is 5.76. The largest absolute Gasteiger partial charge is 0.477 e. The molecule has 168 valence electrons. The van der Waals surface area contributed by atoms with Crippen LogP contribution < -0.4 is 15.6 Å². The summed E-state index contributed by atoms with van der Waals surface area (Å²) in [6.07, 6.45) is 0.994. The Morgan fingerprint density at radius 2 is 1.72 bits per heavy atom. The zero-order valence-electron chi connectivity index (χ0n) is 17.7. The molecule has 0 radical (unpaired) electrons. The number of rotatable bonds is 3. The molecule has 4 rings (SSSR count). The molecule has 1 fully saturated rings. The van der Waals surface area contributed by atoms with Crippen LogP contribution in [-0.2, 0) is 0 Å². The number of piperazine rings is 1. The number of nitrogens with one attached hydrogen (secondary N) is 1. The van der Waals surface area contributed by atoms with Crippen molar-refractivity contribution in [3.05, 3.63) is 69.3 Å². The van der Waals surface area contributed by atoms with Gasteiger partial charge in [-0.2, -0.15) is 0 Å². The fourth-order valence-corrected chi connectivity index (χ4v) is 4.29. The van der Waals surface area contributed by atoms with Gasteiger partial charge in [-0.15, -0.1) is 0 Å². The van der Waals surface area contributed by atoms with E-state index in [0.29, 0.717) is 13.1 Å². The van der Waals surface area contributed by atoms with E-state index in [-0.39, 0.29) is 39.9 Å². The number of nitrogens with zero attached hydrogens (tertiary/aromatic N) is 2. The van der Waals surface area contributed by atoms with E-state index in [2.05, 4.69) is 5.32 Å². The number of aromatic nitrogens is 1. The first-order chi connectivity index (χ1) is 15.1. The normalized spacial score (nSPS) is 18.9. The number of hydrogen-bond acceptors (Lipinski definition) is 4. The van der Waals surface area contributed by atoms with Crippen LogP contribution in [0.5, 0.6) is 0 Å². The van der Waals surface area contributed by atoms with Crippen LogP contribution in [0.2, 0.25) is 0 Å². The lowest BCUT2D eigenvalue weighted by molar-refractivity contribution is 0.0695. The van der Waals surface area contributed by atoms with Crippen LogP contribution in [0.1, 0.15) is 29.8 Å². The Balaban J connectivity index is 2.04. The maximum absolute atomic E-state index is 15.1. The summed E-state index contributed by atoms with van der Waals surface area (Å²) in [5, 5.41) is 12.6. The van der Waals surface area contributed by atoms with Gasteiger partial charge in [0.05, 0.1) is 16.9 Å². The molecule has 1 aliphatic heterocycles. The Hall–Kier alpha value is -3.33. The van der Waals surface area contributed by atoms with Crippen LogP contribution in [0.3, 0.4) is 0 Å². The number of aromatic carboxylic acids is 1. The van der Waals surface area contributed by atoms with Crippen molar-refractivity contribution in [2.75, 3.05) is 18.0 Å². The number of anilines is 1. The Morgan fingerprint density at radius 3 is 2.34 bits per heavy atom. The van der Waals surface area contributed by atoms with Gasteiger partial charge in [-0.3, -0.25) is 4.79 Å². The van der Waals surface area contributed by atoms with Gasteiger partial charge in [-0.05, 0) is 45.0 Å². The van der Waals surface area contributed by atoms with Crippen LogP contribution in [0.4, 0.5) is 18.9 Å². The minimum absolute atomic E-state index is 0.0858. The predicted octanol–water partition coefficient (Wildman–Crippen LogP) is 3.60. The van der Waals surface area contributed by atoms with Crippen molar-refractivity contribution in [3.8, 4) is 5.69 Å². The topological polar surface area (TPSA) is 74.6 Å². The van der Waals surface area contributed by atoms with Gasteiger partial charge in [0.15, 0.2) is 5.82 Å². The molecule has 0 aliphatic carbocycles. The van der Waals surface area contributed by atoms with E-state index in [0.717, 1.165) is 24.4 Å². The summed E-state index contributed by atoms with van der Waals surface area (Å²) in [5.74, 6) is -3.87. The molecular weight excluding hydrogens is 423 g/mol. The van der Waals surface area contributed by atoms with Gasteiger partial charge in [-0.1, -0.05) is 0 Å². The van der Waals surface area contributed by atoms with Crippen molar-refractivity contribution in [1.29, 1.82) is 0 Å². The average Bonchev–Trinajstić information content (AvgIpc) is 2.72. The highest BCUT2D eigenvalue weighted by Gasteiger charge is 2.26. The standard InChI is InChI=1S/C23H22F3N3O3/c1-11-8-28(9-12(2)27-11)20-7-19-14(6-17(20)25)22(30)15(23(31)32)10-29(19)18-5-4-16(24)13(3)21(18)26/h4-7,10-12,27H,8-9H2,1-3H3,(H,31,32).